The number of aliphatic hydroxyl groups excluding tert-OH is 1. The molecular formula is C13H15NO2. The molecule has 1 heterocycles. The molecule has 0 spiro atoms. The first-order chi connectivity index (χ1) is 7.69. The van der Waals surface area contributed by atoms with E-state index < -0.39 is 0 Å². The lowest BCUT2D eigenvalue weighted by Gasteiger charge is -1.98. The second-order valence-corrected chi connectivity index (χ2v) is 3.93. The van der Waals surface area contributed by atoms with Crippen molar-refractivity contribution < 1.29 is 9.52 Å². The first-order valence-electron chi connectivity index (χ1n) is 5.30. The molecule has 0 aliphatic carbocycles. The van der Waals surface area contributed by atoms with Gasteiger partial charge in [0.1, 0.15) is 11.5 Å². The van der Waals surface area contributed by atoms with Crippen LogP contribution < -0.4 is 0 Å². The highest BCUT2D eigenvalue weighted by molar-refractivity contribution is 5.24. The van der Waals surface area contributed by atoms with Crippen LogP contribution in [0.3, 0.4) is 0 Å². The number of hydrogen-bond acceptors (Lipinski definition) is 3. The predicted octanol–water partition coefficient (Wildman–Crippen LogP) is 2.37. The van der Waals surface area contributed by atoms with Gasteiger partial charge < -0.3 is 9.52 Å². The van der Waals surface area contributed by atoms with Crippen molar-refractivity contribution in [1.29, 1.82) is 0 Å². The summed E-state index contributed by atoms with van der Waals surface area (Å²) in [4.78, 5) is 4.24. The molecule has 0 saturated heterocycles. The van der Waals surface area contributed by atoms with Crippen molar-refractivity contribution >= 4 is 0 Å². The summed E-state index contributed by atoms with van der Waals surface area (Å²) in [7, 11) is 0. The van der Waals surface area contributed by atoms with Crippen LogP contribution >= 0.6 is 0 Å². The van der Waals surface area contributed by atoms with Gasteiger partial charge in [-0.25, -0.2) is 4.98 Å². The van der Waals surface area contributed by atoms with E-state index in [9.17, 15) is 0 Å². The smallest absolute Gasteiger partial charge is 0.199 e. The summed E-state index contributed by atoms with van der Waals surface area (Å²) in [5.74, 6) is 1.36. The fraction of sp³-hybridized carbons (Fsp3) is 0.308. The minimum Gasteiger partial charge on any atom is -0.445 e. The molecule has 1 aromatic heterocycles. The molecule has 0 unspecified atom stereocenters. The van der Waals surface area contributed by atoms with E-state index in [4.69, 9.17) is 9.52 Å². The Morgan fingerprint density at radius 3 is 2.75 bits per heavy atom. The molecule has 0 bridgehead atoms. The monoisotopic (exact) mass is 217 g/mol. The number of aryl methyl sites for hydroxylation is 2. The Bertz CT molecular complexity index is 488. The van der Waals surface area contributed by atoms with Gasteiger partial charge in [0.25, 0.3) is 0 Å². The molecule has 0 fully saturated rings. The summed E-state index contributed by atoms with van der Waals surface area (Å²) in [5, 5.41) is 9.02. The average Bonchev–Trinajstić information content (AvgIpc) is 2.58. The predicted molar refractivity (Wildman–Crippen MR) is 61.1 cm³/mol. The molecule has 3 nitrogen and oxygen atoms in total. The molecule has 16 heavy (non-hydrogen) atoms. The number of hydrogen-bond donors (Lipinski definition) is 1. The molecule has 1 N–H and O–H groups in total. The van der Waals surface area contributed by atoms with Crippen LogP contribution in [0.15, 0.2) is 28.7 Å². The van der Waals surface area contributed by atoms with Crippen molar-refractivity contribution in [2.45, 2.75) is 26.9 Å². The highest BCUT2D eigenvalue weighted by atomic mass is 16.4. The molecule has 2 aromatic rings. The van der Waals surface area contributed by atoms with Gasteiger partial charge in [0.15, 0.2) is 5.89 Å². The quantitative estimate of drug-likeness (QED) is 0.858. The molecule has 0 atom stereocenters. The number of aromatic nitrogens is 1. The van der Waals surface area contributed by atoms with Crippen molar-refractivity contribution in [3.8, 4) is 0 Å². The average molecular weight is 217 g/mol. The number of aliphatic hydroxyl groups is 1. The highest BCUT2D eigenvalue weighted by Crippen LogP contribution is 2.14. The maximum absolute atomic E-state index is 9.02. The van der Waals surface area contributed by atoms with Gasteiger partial charge in [0.05, 0.1) is 6.61 Å². The number of nitrogens with zero attached hydrogens (tertiary/aromatic N) is 1. The third-order valence-electron chi connectivity index (χ3n) is 2.52. The fourth-order valence-electron chi connectivity index (χ4n) is 1.71. The van der Waals surface area contributed by atoms with E-state index in [-0.39, 0.29) is 6.61 Å². The second-order valence-electron chi connectivity index (χ2n) is 3.93. The maximum atomic E-state index is 9.02. The lowest BCUT2D eigenvalue weighted by atomic mass is 10.1. The lowest BCUT2D eigenvalue weighted by molar-refractivity contribution is 0.275. The molecule has 2 rings (SSSR count). The molecule has 0 aliphatic heterocycles. The normalized spacial score (nSPS) is 10.7. The largest absolute Gasteiger partial charge is 0.445 e. The zero-order chi connectivity index (χ0) is 11.5. The van der Waals surface area contributed by atoms with Gasteiger partial charge in [-0.1, -0.05) is 29.8 Å². The summed E-state index contributed by atoms with van der Waals surface area (Å²) < 4.78 is 5.48. The summed E-state index contributed by atoms with van der Waals surface area (Å²) in [6.07, 6.45) is 0.669. The van der Waals surface area contributed by atoms with Crippen LogP contribution in [0.4, 0.5) is 0 Å². The van der Waals surface area contributed by atoms with E-state index in [1.807, 2.05) is 19.1 Å². The van der Waals surface area contributed by atoms with E-state index in [0.29, 0.717) is 23.8 Å². The minimum atomic E-state index is -0.0663. The molecule has 1 aromatic carbocycles. The van der Waals surface area contributed by atoms with Crippen LogP contribution in [-0.2, 0) is 13.0 Å². The Hall–Kier alpha value is -1.61. The molecule has 0 radical (unpaired) electrons. The zero-order valence-corrected chi connectivity index (χ0v) is 9.53. The van der Waals surface area contributed by atoms with E-state index in [2.05, 4.69) is 24.0 Å². The Balaban J connectivity index is 2.20. The van der Waals surface area contributed by atoms with Gasteiger partial charge in [0.2, 0.25) is 0 Å². The molecule has 0 saturated carbocycles. The van der Waals surface area contributed by atoms with Gasteiger partial charge in [-0.15, -0.1) is 0 Å². The molecule has 84 valence electrons. The summed E-state index contributed by atoms with van der Waals surface area (Å²) in [5.41, 5.74) is 3.02. The van der Waals surface area contributed by atoms with Crippen LogP contribution in [0.2, 0.25) is 0 Å². The van der Waals surface area contributed by atoms with Crippen LogP contribution in [0, 0.1) is 13.8 Å². The van der Waals surface area contributed by atoms with Crippen molar-refractivity contribution in [2.24, 2.45) is 0 Å². The molecule has 3 heteroatoms. The Morgan fingerprint density at radius 1 is 1.31 bits per heavy atom. The molecule has 0 aliphatic rings. The summed E-state index contributed by atoms with van der Waals surface area (Å²) in [6.45, 7) is 3.81. The summed E-state index contributed by atoms with van der Waals surface area (Å²) >= 11 is 0. The van der Waals surface area contributed by atoms with Gasteiger partial charge >= 0.3 is 0 Å². The van der Waals surface area contributed by atoms with Gasteiger partial charge in [-0.3, -0.25) is 0 Å². The van der Waals surface area contributed by atoms with Crippen LogP contribution in [0.1, 0.15) is 28.5 Å². The third-order valence-corrected chi connectivity index (χ3v) is 2.52. The summed E-state index contributed by atoms with van der Waals surface area (Å²) in [6, 6.07) is 8.24. The first-order valence-corrected chi connectivity index (χ1v) is 5.30. The van der Waals surface area contributed by atoms with Crippen LogP contribution in [-0.4, -0.2) is 10.1 Å². The van der Waals surface area contributed by atoms with Crippen molar-refractivity contribution in [3.05, 3.63) is 52.7 Å². The van der Waals surface area contributed by atoms with Crippen molar-refractivity contribution in [3.63, 3.8) is 0 Å². The Labute approximate surface area is 94.8 Å². The lowest BCUT2D eigenvalue weighted by Crippen LogP contribution is -1.90. The third kappa shape index (κ3) is 2.31. The highest BCUT2D eigenvalue weighted by Gasteiger charge is 2.08. The standard InChI is InChI=1S/C13H15NO2/c1-9-4-3-5-11(6-9)7-13-14-12(8-15)10(2)16-13/h3-6,15H,7-8H2,1-2H3. The van der Waals surface area contributed by atoms with Crippen molar-refractivity contribution in [2.75, 3.05) is 0 Å². The SMILES string of the molecule is Cc1cccc(Cc2nc(CO)c(C)o2)c1. The van der Waals surface area contributed by atoms with Crippen LogP contribution in [0.5, 0.6) is 0 Å². The number of rotatable bonds is 3. The van der Waals surface area contributed by atoms with Gasteiger partial charge in [0, 0.05) is 6.42 Å². The van der Waals surface area contributed by atoms with E-state index in [0.717, 1.165) is 0 Å². The van der Waals surface area contributed by atoms with E-state index >= 15 is 0 Å². The van der Waals surface area contributed by atoms with Crippen LogP contribution in [0.25, 0.3) is 0 Å². The Morgan fingerprint density at radius 2 is 2.12 bits per heavy atom. The molecule has 0 amide bonds. The zero-order valence-electron chi connectivity index (χ0n) is 9.53. The number of oxazole rings is 1. The second kappa shape index (κ2) is 4.49. The topological polar surface area (TPSA) is 46.3 Å². The van der Waals surface area contributed by atoms with E-state index in [1.54, 1.807) is 0 Å². The maximum Gasteiger partial charge on any atom is 0.199 e. The minimum absolute atomic E-state index is 0.0663. The van der Waals surface area contributed by atoms with Crippen molar-refractivity contribution in [1.82, 2.24) is 4.98 Å². The molecular weight excluding hydrogens is 202 g/mol. The number of benzene rings is 1. The van der Waals surface area contributed by atoms with Gasteiger partial charge in [-0.05, 0) is 19.4 Å². The van der Waals surface area contributed by atoms with E-state index in [1.165, 1.54) is 11.1 Å². The first kappa shape index (κ1) is 10.9. The van der Waals surface area contributed by atoms with Gasteiger partial charge in [-0.2, -0.15) is 0 Å². The Kier molecular flexibility index (Phi) is 3.06. The fourth-order valence-corrected chi connectivity index (χ4v) is 1.71.